The van der Waals surface area contributed by atoms with E-state index in [2.05, 4.69) is 11.3 Å². The fourth-order valence-electron chi connectivity index (χ4n) is 0.968. The van der Waals surface area contributed by atoms with Gasteiger partial charge in [0.25, 0.3) is 0 Å². The Bertz CT molecular complexity index is 304. The summed E-state index contributed by atoms with van der Waals surface area (Å²) in [5.41, 5.74) is 0.468. The van der Waals surface area contributed by atoms with Crippen molar-refractivity contribution in [3.05, 3.63) is 22.0 Å². The molecule has 0 saturated carbocycles. The Morgan fingerprint density at radius 1 is 1.67 bits per heavy atom. The number of nitrogens with zero attached hydrogens (tertiary/aromatic N) is 3. The standard InChI is InChI=1S/C7H10N3O2/c1-5(2)7-6(10(11)12)4-9(3)8-7/h5H,1-3H3. The van der Waals surface area contributed by atoms with Crippen molar-refractivity contribution in [1.29, 1.82) is 0 Å². The lowest BCUT2D eigenvalue weighted by molar-refractivity contribution is -0.386. The highest BCUT2D eigenvalue weighted by Crippen LogP contribution is 2.22. The van der Waals surface area contributed by atoms with Gasteiger partial charge in [0.05, 0.1) is 4.92 Å². The van der Waals surface area contributed by atoms with E-state index in [0.717, 1.165) is 0 Å². The van der Waals surface area contributed by atoms with Crippen LogP contribution < -0.4 is 0 Å². The van der Waals surface area contributed by atoms with Crippen LogP contribution in [0.3, 0.4) is 0 Å². The molecular formula is C7H10N3O2. The number of hydrogen-bond acceptors (Lipinski definition) is 3. The Hall–Kier alpha value is -1.39. The Kier molecular flexibility index (Phi) is 2.12. The van der Waals surface area contributed by atoms with Crippen LogP contribution >= 0.6 is 0 Å². The van der Waals surface area contributed by atoms with E-state index in [1.165, 1.54) is 4.68 Å². The zero-order valence-corrected chi connectivity index (χ0v) is 7.24. The van der Waals surface area contributed by atoms with E-state index in [4.69, 9.17) is 0 Å². The van der Waals surface area contributed by atoms with E-state index >= 15 is 0 Å². The first-order valence-corrected chi connectivity index (χ1v) is 3.63. The Balaban J connectivity index is 3.17. The summed E-state index contributed by atoms with van der Waals surface area (Å²) in [6.07, 6.45) is 2.53. The normalized spacial score (nSPS) is 10.7. The summed E-state index contributed by atoms with van der Waals surface area (Å²) >= 11 is 0. The molecule has 1 radical (unpaired) electrons. The minimum Gasteiger partial charge on any atom is -0.259 e. The van der Waals surface area contributed by atoms with E-state index in [1.807, 2.05) is 13.8 Å². The molecule has 1 rings (SSSR count). The average Bonchev–Trinajstić information content (AvgIpc) is 2.31. The van der Waals surface area contributed by atoms with E-state index in [0.29, 0.717) is 5.69 Å². The minimum absolute atomic E-state index is 0.0208. The monoisotopic (exact) mass is 168 g/mol. The van der Waals surface area contributed by atoms with Crippen molar-refractivity contribution >= 4 is 5.69 Å². The topological polar surface area (TPSA) is 61.0 Å². The highest BCUT2D eigenvalue weighted by atomic mass is 16.6. The van der Waals surface area contributed by atoms with Crippen molar-refractivity contribution in [3.63, 3.8) is 0 Å². The molecule has 0 aliphatic heterocycles. The predicted octanol–water partition coefficient (Wildman–Crippen LogP) is 1.25. The third-order valence-electron chi connectivity index (χ3n) is 1.50. The molecule has 0 aliphatic rings. The van der Waals surface area contributed by atoms with Crippen molar-refractivity contribution in [2.75, 3.05) is 0 Å². The van der Waals surface area contributed by atoms with Gasteiger partial charge < -0.3 is 0 Å². The van der Waals surface area contributed by atoms with Crippen LogP contribution in [-0.2, 0) is 7.05 Å². The number of rotatable bonds is 2. The minimum atomic E-state index is -0.456. The summed E-state index contributed by atoms with van der Waals surface area (Å²) in [5, 5.41) is 14.4. The van der Waals surface area contributed by atoms with Crippen LogP contribution in [0.25, 0.3) is 0 Å². The molecule has 5 heteroatoms. The molecule has 0 fully saturated rings. The molecule has 0 atom stereocenters. The van der Waals surface area contributed by atoms with Crippen molar-refractivity contribution in [2.45, 2.75) is 19.8 Å². The third-order valence-corrected chi connectivity index (χ3v) is 1.50. The highest BCUT2D eigenvalue weighted by molar-refractivity contribution is 5.33. The van der Waals surface area contributed by atoms with Gasteiger partial charge in [0.1, 0.15) is 5.69 Å². The summed E-state index contributed by atoms with van der Waals surface area (Å²) in [4.78, 5) is 10.0. The summed E-state index contributed by atoms with van der Waals surface area (Å²) in [6.45, 7) is 3.73. The SMILES string of the molecule is CC(C)c1nn(C)[c]c1[N+](=O)[O-]. The lowest BCUT2D eigenvalue weighted by atomic mass is 10.1. The van der Waals surface area contributed by atoms with Gasteiger partial charge in [0, 0.05) is 13.0 Å². The molecule has 1 heterocycles. The fourth-order valence-corrected chi connectivity index (χ4v) is 0.968. The third kappa shape index (κ3) is 1.44. The largest absolute Gasteiger partial charge is 0.320 e. The summed E-state index contributed by atoms with van der Waals surface area (Å²) < 4.78 is 1.34. The van der Waals surface area contributed by atoms with E-state index in [9.17, 15) is 10.1 Å². The maximum Gasteiger partial charge on any atom is 0.320 e. The number of aromatic nitrogens is 2. The zero-order valence-electron chi connectivity index (χ0n) is 7.24. The molecule has 12 heavy (non-hydrogen) atoms. The molecule has 0 aromatic carbocycles. The molecule has 0 N–H and O–H groups in total. The van der Waals surface area contributed by atoms with Crippen molar-refractivity contribution in [3.8, 4) is 0 Å². The van der Waals surface area contributed by atoms with Gasteiger partial charge in [-0.15, -0.1) is 0 Å². The summed E-state index contributed by atoms with van der Waals surface area (Å²) in [7, 11) is 1.62. The van der Waals surface area contributed by atoms with Crippen LogP contribution in [0.2, 0.25) is 0 Å². The lowest BCUT2D eigenvalue weighted by Gasteiger charge is -1.96. The molecule has 0 saturated heterocycles. The van der Waals surface area contributed by atoms with Crippen molar-refractivity contribution < 1.29 is 4.92 Å². The zero-order chi connectivity index (χ0) is 9.30. The molecule has 0 amide bonds. The van der Waals surface area contributed by atoms with Gasteiger partial charge >= 0.3 is 5.69 Å². The van der Waals surface area contributed by atoms with Crippen LogP contribution in [0, 0.1) is 16.3 Å². The van der Waals surface area contributed by atoms with Gasteiger partial charge in [-0.25, -0.2) is 0 Å². The molecule has 0 unspecified atom stereocenters. The molecule has 0 bridgehead atoms. The van der Waals surface area contributed by atoms with E-state index < -0.39 is 4.92 Å². The van der Waals surface area contributed by atoms with Crippen molar-refractivity contribution in [2.24, 2.45) is 7.05 Å². The van der Waals surface area contributed by atoms with Gasteiger partial charge in [0.15, 0.2) is 6.20 Å². The second-order valence-electron chi connectivity index (χ2n) is 2.88. The van der Waals surface area contributed by atoms with E-state index in [-0.39, 0.29) is 11.6 Å². The maximum absolute atomic E-state index is 10.5. The van der Waals surface area contributed by atoms with Gasteiger partial charge in [-0.2, -0.15) is 5.10 Å². The first-order chi connectivity index (χ1) is 5.52. The average molecular weight is 168 g/mol. The van der Waals surface area contributed by atoms with Gasteiger partial charge in [0.2, 0.25) is 0 Å². The summed E-state index contributed by atoms with van der Waals surface area (Å²) in [5.74, 6) is 0.0582. The number of hydrogen-bond donors (Lipinski definition) is 0. The molecule has 65 valence electrons. The second-order valence-corrected chi connectivity index (χ2v) is 2.88. The summed E-state index contributed by atoms with van der Waals surface area (Å²) in [6, 6.07) is 0. The van der Waals surface area contributed by atoms with Crippen LogP contribution in [0.5, 0.6) is 0 Å². The van der Waals surface area contributed by atoms with Gasteiger partial charge in [-0.1, -0.05) is 13.8 Å². The van der Waals surface area contributed by atoms with Crippen LogP contribution in [0.15, 0.2) is 0 Å². The first-order valence-electron chi connectivity index (χ1n) is 3.63. The molecule has 1 aromatic heterocycles. The Morgan fingerprint density at radius 3 is 2.58 bits per heavy atom. The maximum atomic E-state index is 10.5. The molecule has 0 spiro atoms. The highest BCUT2D eigenvalue weighted by Gasteiger charge is 2.21. The van der Waals surface area contributed by atoms with Gasteiger partial charge in [-0.05, 0) is 0 Å². The Morgan fingerprint density at radius 2 is 2.25 bits per heavy atom. The van der Waals surface area contributed by atoms with Crippen LogP contribution in [-0.4, -0.2) is 14.7 Å². The van der Waals surface area contributed by atoms with Crippen LogP contribution in [0.1, 0.15) is 25.5 Å². The molecule has 1 aromatic rings. The van der Waals surface area contributed by atoms with Crippen molar-refractivity contribution in [1.82, 2.24) is 9.78 Å². The van der Waals surface area contributed by atoms with E-state index in [1.54, 1.807) is 7.05 Å². The quantitative estimate of drug-likeness (QED) is 0.493. The second kappa shape index (κ2) is 2.92. The molecular weight excluding hydrogens is 158 g/mol. The van der Waals surface area contributed by atoms with Gasteiger partial charge in [-0.3, -0.25) is 14.8 Å². The predicted molar refractivity (Wildman–Crippen MR) is 42.8 cm³/mol. The molecule has 5 nitrogen and oxygen atoms in total. The fraction of sp³-hybridized carbons (Fsp3) is 0.571. The lowest BCUT2D eigenvalue weighted by Crippen LogP contribution is -1.95. The molecule has 0 aliphatic carbocycles. The number of nitro groups is 1. The smallest absolute Gasteiger partial charge is 0.259 e. The first kappa shape index (κ1) is 8.70. The van der Waals surface area contributed by atoms with Crippen LogP contribution in [0.4, 0.5) is 5.69 Å². The number of aryl methyl sites for hydroxylation is 1. The Labute approximate surface area is 70.2 Å².